The van der Waals surface area contributed by atoms with Gasteiger partial charge in [0.05, 0.1) is 5.39 Å². The van der Waals surface area contributed by atoms with E-state index in [-0.39, 0.29) is 18.0 Å². The van der Waals surface area contributed by atoms with Crippen LogP contribution < -0.4 is 10.9 Å². The third-order valence-electron chi connectivity index (χ3n) is 3.55. The number of hydrogen-bond donors (Lipinski definition) is 1. The number of carbonyl (C=O) groups is 1. The van der Waals surface area contributed by atoms with Crippen molar-refractivity contribution in [1.82, 2.24) is 19.7 Å². The monoisotopic (exact) mass is 349 g/mol. The highest BCUT2D eigenvalue weighted by atomic mass is 32.1. The SMILES string of the molecule is Cc1nnc(NC(=O)Cn2c(C)nc3sc(C)c(C)c3c2=O)s1. The number of carbonyl (C=O) groups excluding carboxylic acids is 1. The highest BCUT2D eigenvalue weighted by Gasteiger charge is 2.16. The number of nitrogens with zero attached hydrogens (tertiary/aromatic N) is 4. The minimum absolute atomic E-state index is 0.0967. The molecule has 7 nitrogen and oxygen atoms in total. The molecule has 3 heterocycles. The minimum atomic E-state index is -0.322. The second kappa shape index (κ2) is 5.82. The summed E-state index contributed by atoms with van der Waals surface area (Å²) in [6.07, 6.45) is 0. The van der Waals surface area contributed by atoms with Crippen molar-refractivity contribution in [2.24, 2.45) is 0 Å². The van der Waals surface area contributed by atoms with E-state index in [2.05, 4.69) is 20.5 Å². The molecule has 0 radical (unpaired) electrons. The maximum Gasteiger partial charge on any atom is 0.263 e. The predicted octanol–water partition coefficient (Wildman–Crippen LogP) is 2.18. The van der Waals surface area contributed by atoms with Crippen LogP contribution in [0.1, 0.15) is 21.3 Å². The van der Waals surface area contributed by atoms with Gasteiger partial charge in [-0.2, -0.15) is 0 Å². The molecule has 0 spiro atoms. The van der Waals surface area contributed by atoms with Gasteiger partial charge in [0.15, 0.2) is 0 Å². The van der Waals surface area contributed by atoms with Crippen LogP contribution in [0.15, 0.2) is 4.79 Å². The standard InChI is InChI=1S/C14H15N5O2S2/c1-6-7(2)22-12-11(6)13(21)19(8(3)15-12)5-10(20)16-14-18-17-9(4)23-14/h5H2,1-4H3,(H,16,18,20). The van der Waals surface area contributed by atoms with E-state index in [9.17, 15) is 9.59 Å². The Morgan fingerprint density at radius 3 is 2.57 bits per heavy atom. The van der Waals surface area contributed by atoms with Gasteiger partial charge in [-0.25, -0.2) is 4.98 Å². The zero-order valence-corrected chi connectivity index (χ0v) is 14.8. The number of fused-ring (bicyclic) bond motifs is 1. The summed E-state index contributed by atoms with van der Waals surface area (Å²) in [6, 6.07) is 0. The van der Waals surface area contributed by atoms with Crippen LogP contribution >= 0.6 is 22.7 Å². The molecule has 0 unspecified atom stereocenters. The Hall–Kier alpha value is -2.13. The Labute approximate surface area is 140 Å². The lowest BCUT2D eigenvalue weighted by molar-refractivity contribution is -0.116. The van der Waals surface area contributed by atoms with Crippen molar-refractivity contribution in [3.8, 4) is 0 Å². The predicted molar refractivity (Wildman–Crippen MR) is 91.4 cm³/mol. The largest absolute Gasteiger partial charge is 0.299 e. The van der Waals surface area contributed by atoms with Gasteiger partial charge >= 0.3 is 0 Å². The van der Waals surface area contributed by atoms with Crippen LogP contribution in [0.5, 0.6) is 0 Å². The Kier molecular flexibility index (Phi) is 3.99. The molecular formula is C14H15N5O2S2. The lowest BCUT2D eigenvalue weighted by Crippen LogP contribution is -2.30. The zero-order chi connectivity index (χ0) is 16.7. The van der Waals surface area contributed by atoms with E-state index in [1.54, 1.807) is 6.92 Å². The zero-order valence-electron chi connectivity index (χ0n) is 13.1. The fourth-order valence-corrected chi connectivity index (χ4v) is 3.94. The highest BCUT2D eigenvalue weighted by Crippen LogP contribution is 2.26. The van der Waals surface area contributed by atoms with Gasteiger partial charge in [0, 0.05) is 4.88 Å². The molecule has 3 aromatic heterocycles. The average Bonchev–Trinajstić information content (AvgIpc) is 2.99. The molecule has 0 aliphatic heterocycles. The lowest BCUT2D eigenvalue weighted by Gasteiger charge is -2.09. The van der Waals surface area contributed by atoms with Crippen LogP contribution in [-0.4, -0.2) is 25.7 Å². The molecule has 0 saturated carbocycles. The summed E-state index contributed by atoms with van der Waals surface area (Å²) in [6.45, 7) is 7.31. The van der Waals surface area contributed by atoms with Crippen LogP contribution in [0, 0.1) is 27.7 Å². The summed E-state index contributed by atoms with van der Waals surface area (Å²) in [5.74, 6) is 0.199. The first-order valence-corrected chi connectivity index (χ1v) is 8.57. The maximum atomic E-state index is 12.7. The number of aromatic nitrogens is 4. The van der Waals surface area contributed by atoms with E-state index < -0.39 is 0 Å². The van der Waals surface area contributed by atoms with Crippen molar-refractivity contribution in [2.75, 3.05) is 5.32 Å². The van der Waals surface area contributed by atoms with Crippen molar-refractivity contribution in [3.05, 3.63) is 31.6 Å². The second-order valence-electron chi connectivity index (χ2n) is 5.19. The Morgan fingerprint density at radius 1 is 1.17 bits per heavy atom. The van der Waals surface area contributed by atoms with Gasteiger partial charge in [0.25, 0.3) is 5.56 Å². The lowest BCUT2D eigenvalue weighted by atomic mass is 10.2. The van der Waals surface area contributed by atoms with E-state index in [0.717, 1.165) is 20.3 Å². The first-order chi connectivity index (χ1) is 10.9. The third-order valence-corrected chi connectivity index (χ3v) is 5.41. The number of anilines is 1. The summed E-state index contributed by atoms with van der Waals surface area (Å²) in [5.41, 5.74) is 0.745. The van der Waals surface area contributed by atoms with Crippen LogP contribution in [0.4, 0.5) is 5.13 Å². The molecule has 0 saturated heterocycles. The molecule has 23 heavy (non-hydrogen) atoms. The minimum Gasteiger partial charge on any atom is -0.299 e. The first-order valence-electron chi connectivity index (χ1n) is 6.94. The number of hydrogen-bond acceptors (Lipinski definition) is 7. The Morgan fingerprint density at radius 2 is 1.91 bits per heavy atom. The Bertz CT molecular complexity index is 970. The van der Waals surface area contributed by atoms with Gasteiger partial charge < -0.3 is 0 Å². The number of thiophene rings is 1. The van der Waals surface area contributed by atoms with Gasteiger partial charge in [0.2, 0.25) is 11.0 Å². The van der Waals surface area contributed by atoms with E-state index in [1.165, 1.54) is 27.2 Å². The molecule has 9 heteroatoms. The summed E-state index contributed by atoms with van der Waals surface area (Å²) < 4.78 is 1.39. The van der Waals surface area contributed by atoms with E-state index >= 15 is 0 Å². The van der Waals surface area contributed by atoms with Crippen molar-refractivity contribution in [1.29, 1.82) is 0 Å². The van der Waals surface area contributed by atoms with Crippen LogP contribution in [-0.2, 0) is 11.3 Å². The molecule has 1 amide bonds. The molecule has 3 aromatic rings. The van der Waals surface area contributed by atoms with Crippen LogP contribution in [0.25, 0.3) is 10.2 Å². The first kappa shape index (κ1) is 15.8. The van der Waals surface area contributed by atoms with Gasteiger partial charge in [-0.1, -0.05) is 11.3 Å². The molecule has 0 bridgehead atoms. The van der Waals surface area contributed by atoms with Crippen molar-refractivity contribution in [2.45, 2.75) is 34.2 Å². The van der Waals surface area contributed by atoms with Crippen molar-refractivity contribution >= 4 is 43.9 Å². The quantitative estimate of drug-likeness (QED) is 0.783. The van der Waals surface area contributed by atoms with E-state index in [4.69, 9.17) is 0 Å². The topological polar surface area (TPSA) is 89.8 Å². The smallest absolute Gasteiger partial charge is 0.263 e. The Balaban J connectivity index is 1.95. The van der Waals surface area contributed by atoms with Crippen LogP contribution in [0.3, 0.4) is 0 Å². The average molecular weight is 349 g/mol. The molecule has 0 atom stereocenters. The summed E-state index contributed by atoms with van der Waals surface area (Å²) in [4.78, 5) is 31.1. The second-order valence-corrected chi connectivity index (χ2v) is 7.57. The van der Waals surface area contributed by atoms with Crippen LogP contribution in [0.2, 0.25) is 0 Å². The van der Waals surface area contributed by atoms with Crippen molar-refractivity contribution in [3.63, 3.8) is 0 Å². The molecule has 0 aliphatic carbocycles. The maximum absolute atomic E-state index is 12.7. The fraction of sp³-hybridized carbons (Fsp3) is 0.357. The molecule has 1 N–H and O–H groups in total. The molecular weight excluding hydrogens is 334 g/mol. The number of rotatable bonds is 3. The van der Waals surface area contributed by atoms with Gasteiger partial charge in [-0.3, -0.25) is 19.5 Å². The summed E-state index contributed by atoms with van der Waals surface area (Å²) in [5, 5.41) is 12.1. The van der Waals surface area contributed by atoms with Gasteiger partial charge in [-0.05, 0) is 33.3 Å². The van der Waals surface area contributed by atoms with E-state index in [1.807, 2.05) is 20.8 Å². The molecule has 0 aromatic carbocycles. The third kappa shape index (κ3) is 2.89. The fourth-order valence-electron chi connectivity index (χ4n) is 2.26. The summed E-state index contributed by atoms with van der Waals surface area (Å²) >= 11 is 2.79. The number of amides is 1. The van der Waals surface area contributed by atoms with Gasteiger partial charge in [0.1, 0.15) is 22.2 Å². The normalized spacial score (nSPS) is 11.1. The molecule has 3 rings (SSSR count). The molecule has 0 fully saturated rings. The summed E-state index contributed by atoms with van der Waals surface area (Å²) in [7, 11) is 0. The number of nitrogens with one attached hydrogen (secondary N) is 1. The van der Waals surface area contributed by atoms with E-state index in [0.29, 0.717) is 16.3 Å². The molecule has 0 aliphatic rings. The van der Waals surface area contributed by atoms with Crippen molar-refractivity contribution < 1.29 is 4.79 Å². The number of aryl methyl sites for hydroxylation is 4. The highest BCUT2D eigenvalue weighted by molar-refractivity contribution is 7.18. The van der Waals surface area contributed by atoms with Gasteiger partial charge in [-0.15, -0.1) is 21.5 Å². The molecule has 120 valence electrons.